The molecule has 3 amide bonds. The maximum absolute atomic E-state index is 12.7. The fraction of sp³-hybridized carbons (Fsp3) is 0.529. The Morgan fingerprint density at radius 3 is 2.56 bits per heavy atom. The van der Waals surface area contributed by atoms with Gasteiger partial charge in [0.05, 0.1) is 22.2 Å². The predicted octanol–water partition coefficient (Wildman–Crippen LogP) is 2.83. The van der Waals surface area contributed by atoms with E-state index in [4.69, 9.17) is 23.2 Å². The summed E-state index contributed by atoms with van der Waals surface area (Å²) in [6, 6.07) is 2.88. The van der Waals surface area contributed by atoms with Crippen LogP contribution < -0.4 is 16.0 Å². The fourth-order valence-corrected chi connectivity index (χ4v) is 4.91. The minimum Gasteiger partial charge on any atom is -0.334 e. The molecule has 0 bridgehead atoms. The first-order chi connectivity index (χ1) is 12.6. The summed E-state index contributed by atoms with van der Waals surface area (Å²) in [5.41, 5.74) is 0.392. The summed E-state index contributed by atoms with van der Waals surface area (Å²) in [5, 5.41) is 8.71. The van der Waals surface area contributed by atoms with Crippen LogP contribution in [0.4, 0.5) is 10.5 Å². The fourth-order valence-electron chi connectivity index (χ4n) is 2.78. The van der Waals surface area contributed by atoms with Crippen LogP contribution in [0.15, 0.2) is 18.2 Å². The zero-order valence-electron chi connectivity index (χ0n) is 15.1. The van der Waals surface area contributed by atoms with E-state index < -0.39 is 33.9 Å². The van der Waals surface area contributed by atoms with E-state index in [0.29, 0.717) is 28.6 Å². The molecule has 2 rings (SSSR count). The number of halogens is 2. The lowest BCUT2D eigenvalue weighted by molar-refractivity contribution is -0.119. The molecule has 0 aromatic heterocycles. The van der Waals surface area contributed by atoms with Gasteiger partial charge in [0.2, 0.25) is 5.91 Å². The van der Waals surface area contributed by atoms with Gasteiger partial charge in [-0.2, -0.15) is 0 Å². The number of carbonyl (C=O) groups is 2. The lowest BCUT2D eigenvalue weighted by atomic mass is 9.98. The summed E-state index contributed by atoms with van der Waals surface area (Å²) in [6.45, 7) is 3.75. The smallest absolute Gasteiger partial charge is 0.315 e. The summed E-state index contributed by atoms with van der Waals surface area (Å²) in [6.07, 6.45) is 1.03. The van der Waals surface area contributed by atoms with Gasteiger partial charge in [0.15, 0.2) is 9.84 Å². The maximum atomic E-state index is 12.7. The molecule has 10 heteroatoms. The van der Waals surface area contributed by atoms with Crippen molar-refractivity contribution >= 4 is 50.7 Å². The second kappa shape index (κ2) is 9.12. The normalized spacial score (nSPS) is 20.5. The molecule has 1 aliphatic rings. The van der Waals surface area contributed by atoms with Gasteiger partial charge in [-0.05, 0) is 30.5 Å². The van der Waals surface area contributed by atoms with E-state index in [1.807, 2.05) is 13.8 Å². The minimum absolute atomic E-state index is 0.0578. The highest BCUT2D eigenvalue weighted by molar-refractivity contribution is 7.91. The molecule has 0 aliphatic carbocycles. The number of benzene rings is 1. The third-order valence-corrected chi connectivity index (χ3v) is 6.85. The third-order valence-electron chi connectivity index (χ3n) is 4.54. The molecule has 3 atom stereocenters. The van der Waals surface area contributed by atoms with Gasteiger partial charge in [-0.15, -0.1) is 0 Å². The van der Waals surface area contributed by atoms with Crippen LogP contribution in [0.25, 0.3) is 0 Å². The van der Waals surface area contributed by atoms with Crippen LogP contribution in [0, 0.1) is 5.92 Å². The van der Waals surface area contributed by atoms with E-state index in [0.717, 1.165) is 0 Å². The second-order valence-corrected chi connectivity index (χ2v) is 9.77. The van der Waals surface area contributed by atoms with Crippen molar-refractivity contribution in [2.24, 2.45) is 5.92 Å². The lowest BCUT2D eigenvalue weighted by Gasteiger charge is -2.24. The molecular formula is C17H23Cl2N3O4S. The summed E-state index contributed by atoms with van der Waals surface area (Å²) in [5.74, 6) is -0.583. The molecule has 0 saturated carbocycles. The van der Waals surface area contributed by atoms with Crippen molar-refractivity contribution in [3.05, 3.63) is 28.2 Å². The Morgan fingerprint density at radius 1 is 1.30 bits per heavy atom. The topological polar surface area (TPSA) is 104 Å². The van der Waals surface area contributed by atoms with Crippen LogP contribution in [0.5, 0.6) is 0 Å². The molecule has 1 aromatic rings. The molecule has 3 N–H and O–H groups in total. The Balaban J connectivity index is 2.03. The van der Waals surface area contributed by atoms with Gasteiger partial charge in [0.25, 0.3) is 0 Å². The van der Waals surface area contributed by atoms with Crippen LogP contribution in [0.3, 0.4) is 0 Å². The summed E-state index contributed by atoms with van der Waals surface area (Å²) < 4.78 is 23.0. The molecule has 0 radical (unpaired) electrons. The van der Waals surface area contributed by atoms with Crippen LogP contribution in [-0.2, 0) is 14.6 Å². The number of sulfone groups is 1. The number of urea groups is 1. The number of hydrogen-bond acceptors (Lipinski definition) is 4. The van der Waals surface area contributed by atoms with Crippen LogP contribution in [0.2, 0.25) is 10.0 Å². The van der Waals surface area contributed by atoms with Gasteiger partial charge >= 0.3 is 6.03 Å². The van der Waals surface area contributed by atoms with Gasteiger partial charge < -0.3 is 16.0 Å². The highest BCUT2D eigenvalue weighted by Gasteiger charge is 2.31. The van der Waals surface area contributed by atoms with E-state index in [9.17, 15) is 18.0 Å². The summed E-state index contributed by atoms with van der Waals surface area (Å²) in [4.78, 5) is 25.0. The van der Waals surface area contributed by atoms with Crippen molar-refractivity contribution in [1.82, 2.24) is 10.6 Å². The van der Waals surface area contributed by atoms with E-state index in [-0.39, 0.29) is 17.4 Å². The van der Waals surface area contributed by atoms with Crippen LogP contribution in [-0.4, -0.2) is 43.9 Å². The summed E-state index contributed by atoms with van der Waals surface area (Å²) >= 11 is 11.9. The van der Waals surface area contributed by atoms with E-state index >= 15 is 0 Å². The number of carbonyl (C=O) groups excluding carboxylic acids is 2. The van der Waals surface area contributed by atoms with Gasteiger partial charge in [0, 0.05) is 11.1 Å². The molecule has 27 heavy (non-hydrogen) atoms. The van der Waals surface area contributed by atoms with E-state index in [1.165, 1.54) is 6.07 Å². The van der Waals surface area contributed by atoms with Gasteiger partial charge in [-0.1, -0.05) is 43.5 Å². The van der Waals surface area contributed by atoms with E-state index in [1.54, 1.807) is 12.1 Å². The Bertz CT molecular complexity index is 816. The molecule has 1 fully saturated rings. The largest absolute Gasteiger partial charge is 0.334 e. The van der Waals surface area contributed by atoms with Gasteiger partial charge in [-0.25, -0.2) is 13.2 Å². The SMILES string of the molecule is CCC(C)C(NC(=O)NC1CCS(=O)(=O)C1)C(=O)Nc1ccc(Cl)cc1Cl. The predicted molar refractivity (Wildman–Crippen MR) is 107 cm³/mol. The first kappa shape index (κ1) is 21.8. The standard InChI is InChI=1S/C17H23Cl2N3O4S/c1-3-10(2)15(16(23)21-14-5-4-11(18)8-13(14)19)22-17(24)20-12-6-7-27(25,26)9-12/h4-5,8,10,12,15H,3,6-7,9H2,1-2H3,(H,21,23)(H2,20,22,24). The first-order valence-electron chi connectivity index (χ1n) is 8.64. The highest BCUT2D eigenvalue weighted by Crippen LogP contribution is 2.26. The molecule has 7 nitrogen and oxygen atoms in total. The number of rotatable bonds is 6. The maximum Gasteiger partial charge on any atom is 0.315 e. The van der Waals surface area contributed by atoms with Crippen molar-refractivity contribution in [2.75, 3.05) is 16.8 Å². The van der Waals surface area contributed by atoms with Crippen molar-refractivity contribution in [3.63, 3.8) is 0 Å². The number of nitrogens with one attached hydrogen (secondary N) is 3. The number of hydrogen-bond donors (Lipinski definition) is 3. The zero-order chi connectivity index (χ0) is 20.2. The summed E-state index contributed by atoms with van der Waals surface area (Å²) in [7, 11) is -3.10. The van der Waals surface area contributed by atoms with Gasteiger partial charge in [0.1, 0.15) is 6.04 Å². The molecule has 3 unspecified atom stereocenters. The average Bonchev–Trinajstić information content (AvgIpc) is 2.92. The molecule has 1 aromatic carbocycles. The van der Waals surface area contributed by atoms with Crippen LogP contribution >= 0.6 is 23.2 Å². The Morgan fingerprint density at radius 2 is 2.00 bits per heavy atom. The van der Waals surface area contributed by atoms with Gasteiger partial charge in [-0.3, -0.25) is 4.79 Å². The number of anilines is 1. The zero-order valence-corrected chi connectivity index (χ0v) is 17.4. The molecule has 0 spiro atoms. The Hall–Kier alpha value is -1.51. The molecule has 1 aliphatic heterocycles. The molecule has 150 valence electrons. The minimum atomic E-state index is -3.10. The second-order valence-electron chi connectivity index (χ2n) is 6.69. The van der Waals surface area contributed by atoms with Crippen LogP contribution in [0.1, 0.15) is 26.7 Å². The van der Waals surface area contributed by atoms with Crippen molar-refractivity contribution in [2.45, 2.75) is 38.8 Å². The van der Waals surface area contributed by atoms with Crippen molar-refractivity contribution in [3.8, 4) is 0 Å². The average molecular weight is 436 g/mol. The molecule has 1 saturated heterocycles. The van der Waals surface area contributed by atoms with Crippen molar-refractivity contribution < 1.29 is 18.0 Å². The first-order valence-corrected chi connectivity index (χ1v) is 11.2. The number of amides is 3. The van der Waals surface area contributed by atoms with E-state index in [2.05, 4.69) is 16.0 Å². The Labute approximate surface area is 169 Å². The van der Waals surface area contributed by atoms with Crippen molar-refractivity contribution in [1.29, 1.82) is 0 Å². The highest BCUT2D eigenvalue weighted by atomic mass is 35.5. The quantitative estimate of drug-likeness (QED) is 0.638. The monoisotopic (exact) mass is 435 g/mol. The Kier molecular flexibility index (Phi) is 7.36. The lowest BCUT2D eigenvalue weighted by Crippen LogP contribution is -2.53. The molecule has 1 heterocycles. The third kappa shape index (κ3) is 6.26. The molecular weight excluding hydrogens is 413 g/mol.